The van der Waals surface area contributed by atoms with Gasteiger partial charge >= 0.3 is 6.61 Å². The van der Waals surface area contributed by atoms with Crippen LogP contribution in [0, 0.1) is 0 Å². The van der Waals surface area contributed by atoms with Crippen LogP contribution in [0.15, 0.2) is 24.1 Å². The third-order valence-corrected chi connectivity index (χ3v) is 0.912. The molecule has 0 atom stereocenters. The van der Waals surface area contributed by atoms with Crippen LogP contribution in [0.25, 0.3) is 0 Å². The van der Waals surface area contributed by atoms with Gasteiger partial charge in [-0.15, -0.1) is 0 Å². The molecule has 0 fully saturated rings. The number of halogens is 2. The summed E-state index contributed by atoms with van der Waals surface area (Å²) < 4.78 is 27.4. The summed E-state index contributed by atoms with van der Waals surface area (Å²) in [6.45, 7) is 2.25. The molecular weight excluding hydrogens is 152 g/mol. The Morgan fingerprint density at radius 2 is 2.18 bits per heavy atom. The van der Waals surface area contributed by atoms with E-state index in [9.17, 15) is 8.78 Å². The maximum atomic E-state index is 11.6. The number of ether oxygens (including phenoxy) is 1. The largest absolute Gasteiger partial charge is 0.433 e. The van der Waals surface area contributed by atoms with Crippen molar-refractivity contribution in [1.29, 1.82) is 0 Å². The Balaban J connectivity index is 4.12. The number of allylic oxidation sites excluding steroid dienone is 1. The zero-order chi connectivity index (χ0) is 8.85. The summed E-state index contributed by atoms with van der Waals surface area (Å²) >= 11 is 0. The first-order valence-corrected chi connectivity index (χ1v) is 3.06. The van der Waals surface area contributed by atoms with Crippen molar-refractivity contribution in [1.82, 2.24) is 5.32 Å². The second-order valence-electron chi connectivity index (χ2n) is 1.96. The van der Waals surface area contributed by atoms with Crippen LogP contribution < -0.4 is 5.32 Å². The standard InChI is InChI=1S/C7H11F2NO/c1-5(2)6(4-10-3)11-7(8)9/h4,7,10H,1H2,2-3H3/b6-4-. The summed E-state index contributed by atoms with van der Waals surface area (Å²) in [5.74, 6) is 0.0718. The van der Waals surface area contributed by atoms with Crippen molar-refractivity contribution < 1.29 is 13.5 Å². The predicted octanol–water partition coefficient (Wildman–Crippen LogP) is 1.86. The molecule has 0 bridgehead atoms. The summed E-state index contributed by atoms with van der Waals surface area (Å²) in [5, 5.41) is 2.57. The lowest BCUT2D eigenvalue weighted by Gasteiger charge is -2.07. The molecule has 0 aliphatic carbocycles. The number of rotatable bonds is 4. The number of nitrogens with one attached hydrogen (secondary N) is 1. The highest BCUT2D eigenvalue weighted by molar-refractivity contribution is 5.19. The maximum Gasteiger partial charge on any atom is 0.387 e. The van der Waals surface area contributed by atoms with Crippen LogP contribution in [0.5, 0.6) is 0 Å². The summed E-state index contributed by atoms with van der Waals surface area (Å²) in [6.07, 6.45) is 1.33. The van der Waals surface area contributed by atoms with Gasteiger partial charge in [-0.3, -0.25) is 0 Å². The summed E-state index contributed by atoms with van der Waals surface area (Å²) in [6, 6.07) is 0. The van der Waals surface area contributed by atoms with Gasteiger partial charge in [0.05, 0.1) is 0 Å². The molecule has 11 heavy (non-hydrogen) atoms. The molecule has 0 aliphatic rings. The Morgan fingerprint density at radius 1 is 1.64 bits per heavy atom. The van der Waals surface area contributed by atoms with Crippen LogP contribution in [-0.4, -0.2) is 13.7 Å². The lowest BCUT2D eigenvalue weighted by molar-refractivity contribution is -0.0936. The van der Waals surface area contributed by atoms with Crippen LogP contribution in [0.3, 0.4) is 0 Å². The van der Waals surface area contributed by atoms with Gasteiger partial charge in [-0.1, -0.05) is 6.58 Å². The topological polar surface area (TPSA) is 21.3 Å². The van der Waals surface area contributed by atoms with Crippen LogP contribution in [0.1, 0.15) is 6.92 Å². The van der Waals surface area contributed by atoms with E-state index in [0.717, 1.165) is 0 Å². The molecule has 0 aromatic heterocycles. The van der Waals surface area contributed by atoms with Crippen molar-refractivity contribution in [2.24, 2.45) is 0 Å². The quantitative estimate of drug-likeness (QED) is 0.504. The Labute approximate surface area is 64.5 Å². The van der Waals surface area contributed by atoms with E-state index in [2.05, 4.69) is 16.6 Å². The fourth-order valence-corrected chi connectivity index (χ4v) is 0.485. The maximum absolute atomic E-state index is 11.6. The van der Waals surface area contributed by atoms with E-state index in [1.165, 1.54) is 6.20 Å². The number of hydrogen-bond acceptors (Lipinski definition) is 2. The Morgan fingerprint density at radius 3 is 2.45 bits per heavy atom. The molecule has 0 aliphatic heterocycles. The molecule has 0 unspecified atom stereocenters. The van der Waals surface area contributed by atoms with Gasteiger partial charge in [-0.05, 0) is 12.5 Å². The van der Waals surface area contributed by atoms with Crippen molar-refractivity contribution in [2.45, 2.75) is 13.5 Å². The van der Waals surface area contributed by atoms with Crippen molar-refractivity contribution in [3.8, 4) is 0 Å². The van der Waals surface area contributed by atoms with Gasteiger partial charge in [0.15, 0.2) is 0 Å². The normalized spacial score (nSPS) is 11.5. The first-order valence-electron chi connectivity index (χ1n) is 3.06. The van der Waals surface area contributed by atoms with Gasteiger partial charge in [-0.25, -0.2) is 0 Å². The van der Waals surface area contributed by atoms with E-state index in [4.69, 9.17) is 0 Å². The lowest BCUT2D eigenvalue weighted by atomic mass is 10.3. The molecule has 0 amide bonds. The monoisotopic (exact) mass is 163 g/mol. The zero-order valence-corrected chi connectivity index (χ0v) is 6.53. The van der Waals surface area contributed by atoms with Crippen LogP contribution in [-0.2, 0) is 4.74 Å². The van der Waals surface area contributed by atoms with E-state index >= 15 is 0 Å². The Kier molecular flexibility index (Phi) is 4.26. The minimum Gasteiger partial charge on any atom is -0.433 e. The van der Waals surface area contributed by atoms with Gasteiger partial charge in [0, 0.05) is 13.2 Å². The molecule has 0 saturated heterocycles. The van der Waals surface area contributed by atoms with Gasteiger partial charge in [0.2, 0.25) is 0 Å². The molecule has 0 rings (SSSR count). The highest BCUT2D eigenvalue weighted by Crippen LogP contribution is 2.11. The molecule has 0 radical (unpaired) electrons. The van der Waals surface area contributed by atoms with Crippen molar-refractivity contribution in [3.63, 3.8) is 0 Å². The number of hydrogen-bond donors (Lipinski definition) is 1. The molecule has 0 heterocycles. The third kappa shape index (κ3) is 4.36. The second kappa shape index (κ2) is 4.71. The first kappa shape index (κ1) is 9.94. The SMILES string of the molecule is C=C(C)/C(=C/NC)OC(F)F. The van der Waals surface area contributed by atoms with E-state index in [1.54, 1.807) is 14.0 Å². The summed E-state index contributed by atoms with van der Waals surface area (Å²) in [7, 11) is 1.60. The van der Waals surface area contributed by atoms with Crippen molar-refractivity contribution in [2.75, 3.05) is 7.05 Å². The molecule has 1 N–H and O–H groups in total. The lowest BCUT2D eigenvalue weighted by Crippen LogP contribution is -2.04. The van der Waals surface area contributed by atoms with Crippen LogP contribution in [0.2, 0.25) is 0 Å². The van der Waals surface area contributed by atoms with Gasteiger partial charge < -0.3 is 10.1 Å². The third-order valence-electron chi connectivity index (χ3n) is 0.912. The molecule has 0 spiro atoms. The van der Waals surface area contributed by atoms with E-state index in [-0.39, 0.29) is 5.76 Å². The van der Waals surface area contributed by atoms with E-state index in [1.807, 2.05) is 0 Å². The van der Waals surface area contributed by atoms with E-state index in [0.29, 0.717) is 5.57 Å². The molecule has 64 valence electrons. The summed E-state index contributed by atoms with van der Waals surface area (Å²) in [4.78, 5) is 0. The highest BCUT2D eigenvalue weighted by Gasteiger charge is 2.06. The highest BCUT2D eigenvalue weighted by atomic mass is 19.3. The van der Waals surface area contributed by atoms with Gasteiger partial charge in [-0.2, -0.15) is 8.78 Å². The smallest absolute Gasteiger partial charge is 0.387 e. The second-order valence-corrected chi connectivity index (χ2v) is 1.96. The Bertz CT molecular complexity index is 166. The van der Waals surface area contributed by atoms with Crippen molar-refractivity contribution in [3.05, 3.63) is 24.1 Å². The number of alkyl halides is 2. The fraction of sp³-hybridized carbons (Fsp3) is 0.429. The average molecular weight is 163 g/mol. The minimum absolute atomic E-state index is 0.0718. The Hall–Kier alpha value is -1.06. The zero-order valence-electron chi connectivity index (χ0n) is 6.53. The molecule has 0 saturated carbocycles. The predicted molar refractivity (Wildman–Crippen MR) is 39.0 cm³/mol. The molecular formula is C7H11F2NO. The van der Waals surface area contributed by atoms with E-state index < -0.39 is 6.61 Å². The van der Waals surface area contributed by atoms with Gasteiger partial charge in [0.1, 0.15) is 5.76 Å². The van der Waals surface area contributed by atoms with Crippen LogP contribution >= 0.6 is 0 Å². The molecule has 0 aromatic carbocycles. The van der Waals surface area contributed by atoms with Crippen molar-refractivity contribution >= 4 is 0 Å². The van der Waals surface area contributed by atoms with Gasteiger partial charge in [0.25, 0.3) is 0 Å². The molecule has 4 heteroatoms. The fourth-order valence-electron chi connectivity index (χ4n) is 0.485. The first-order chi connectivity index (χ1) is 5.07. The average Bonchev–Trinajstić information content (AvgIpc) is 1.86. The minimum atomic E-state index is -2.80. The molecule has 2 nitrogen and oxygen atoms in total. The summed E-state index contributed by atoms with van der Waals surface area (Å²) in [5.41, 5.74) is 0.458. The van der Waals surface area contributed by atoms with Crippen LogP contribution in [0.4, 0.5) is 8.78 Å². The molecule has 0 aromatic rings.